The summed E-state index contributed by atoms with van der Waals surface area (Å²) in [7, 11) is 0. The molecule has 0 radical (unpaired) electrons. The molecule has 2 rings (SSSR count). The lowest BCUT2D eigenvalue weighted by Crippen LogP contribution is -2.11. The molecule has 0 fully saturated rings. The van der Waals surface area contributed by atoms with Crippen molar-refractivity contribution in [3.63, 3.8) is 0 Å². The Balaban J connectivity index is 2.15. The molecule has 1 aromatic carbocycles. The van der Waals surface area contributed by atoms with E-state index in [4.69, 9.17) is 10.2 Å². The van der Waals surface area contributed by atoms with Gasteiger partial charge in [0.05, 0.1) is 17.8 Å². The van der Waals surface area contributed by atoms with Crippen LogP contribution < -0.4 is 11.1 Å². The van der Waals surface area contributed by atoms with Gasteiger partial charge in [-0.05, 0) is 18.2 Å². The molecule has 0 spiro atoms. The Labute approximate surface area is 122 Å². The highest BCUT2D eigenvalue weighted by atomic mass is 32.2. The van der Waals surface area contributed by atoms with Gasteiger partial charge in [0.15, 0.2) is 0 Å². The van der Waals surface area contributed by atoms with E-state index in [1.807, 2.05) is 24.3 Å². The summed E-state index contributed by atoms with van der Waals surface area (Å²) in [6.45, 7) is 4.52. The number of nitrogens with two attached hydrogens (primary N) is 1. The summed E-state index contributed by atoms with van der Waals surface area (Å²) >= 11 is 1.71. The van der Waals surface area contributed by atoms with Gasteiger partial charge in [-0.25, -0.2) is 0 Å². The van der Waals surface area contributed by atoms with E-state index in [2.05, 4.69) is 19.2 Å². The minimum absolute atomic E-state index is 0.190. The van der Waals surface area contributed by atoms with Crippen LogP contribution in [0.4, 0.5) is 5.69 Å². The van der Waals surface area contributed by atoms with E-state index in [9.17, 15) is 4.79 Å². The average Bonchev–Trinajstić information content (AvgIpc) is 2.89. The number of thioether (sulfide) groups is 1. The van der Waals surface area contributed by atoms with Gasteiger partial charge in [0.2, 0.25) is 0 Å². The number of nitrogens with one attached hydrogen (secondary N) is 1. The van der Waals surface area contributed by atoms with Crippen molar-refractivity contribution in [2.75, 3.05) is 5.32 Å². The van der Waals surface area contributed by atoms with Gasteiger partial charge in [0.25, 0.3) is 5.91 Å². The Kier molecular flexibility index (Phi) is 4.87. The van der Waals surface area contributed by atoms with Crippen molar-refractivity contribution in [2.24, 2.45) is 5.73 Å². The molecule has 0 atom stereocenters. The van der Waals surface area contributed by atoms with E-state index in [1.54, 1.807) is 17.8 Å². The van der Waals surface area contributed by atoms with Crippen LogP contribution in [0.25, 0.3) is 0 Å². The van der Waals surface area contributed by atoms with Gasteiger partial charge in [-0.1, -0.05) is 26.0 Å². The molecule has 1 amide bonds. The van der Waals surface area contributed by atoms with Gasteiger partial charge in [-0.3, -0.25) is 4.79 Å². The zero-order valence-corrected chi connectivity index (χ0v) is 12.4. The SMILES string of the molecule is CC(C)Sc1ccccc1NC(=O)c1coc(CN)c1. The highest BCUT2D eigenvalue weighted by Gasteiger charge is 2.12. The van der Waals surface area contributed by atoms with E-state index < -0.39 is 0 Å². The molecular formula is C15H18N2O2S. The molecular weight excluding hydrogens is 272 g/mol. The average molecular weight is 290 g/mol. The second kappa shape index (κ2) is 6.63. The van der Waals surface area contributed by atoms with Crippen molar-refractivity contribution in [3.8, 4) is 0 Å². The van der Waals surface area contributed by atoms with E-state index in [0.717, 1.165) is 10.6 Å². The van der Waals surface area contributed by atoms with Crippen molar-refractivity contribution < 1.29 is 9.21 Å². The molecule has 1 aromatic heterocycles. The van der Waals surface area contributed by atoms with Crippen LogP contribution in [0.3, 0.4) is 0 Å². The number of para-hydroxylation sites is 1. The number of rotatable bonds is 5. The lowest BCUT2D eigenvalue weighted by molar-refractivity contribution is 0.102. The van der Waals surface area contributed by atoms with Gasteiger partial charge in [0, 0.05) is 10.1 Å². The largest absolute Gasteiger partial charge is 0.467 e. The number of furan rings is 1. The number of hydrogen-bond donors (Lipinski definition) is 2. The van der Waals surface area contributed by atoms with Crippen molar-refractivity contribution in [2.45, 2.75) is 30.5 Å². The fraction of sp³-hybridized carbons (Fsp3) is 0.267. The minimum Gasteiger partial charge on any atom is -0.467 e. The monoisotopic (exact) mass is 290 g/mol. The fourth-order valence-corrected chi connectivity index (χ4v) is 2.64. The first-order valence-electron chi connectivity index (χ1n) is 6.44. The standard InChI is InChI=1S/C15H18N2O2S/c1-10(2)20-14-6-4-3-5-13(14)17-15(18)11-7-12(8-16)19-9-11/h3-7,9-10H,8,16H2,1-2H3,(H,17,18). The van der Waals surface area contributed by atoms with E-state index in [0.29, 0.717) is 16.6 Å². The number of anilines is 1. The zero-order valence-electron chi connectivity index (χ0n) is 11.6. The van der Waals surface area contributed by atoms with Gasteiger partial charge in [0.1, 0.15) is 12.0 Å². The summed E-state index contributed by atoms with van der Waals surface area (Å²) in [6, 6.07) is 9.42. The molecule has 2 aromatic rings. The van der Waals surface area contributed by atoms with Gasteiger partial charge < -0.3 is 15.5 Å². The molecule has 4 nitrogen and oxygen atoms in total. The Morgan fingerprint density at radius 3 is 2.80 bits per heavy atom. The normalized spacial score (nSPS) is 10.8. The molecule has 3 N–H and O–H groups in total. The van der Waals surface area contributed by atoms with Crippen LogP contribution in [0.15, 0.2) is 45.9 Å². The van der Waals surface area contributed by atoms with Crippen molar-refractivity contribution in [3.05, 3.63) is 47.9 Å². The quantitative estimate of drug-likeness (QED) is 0.827. The third-order valence-corrected chi connectivity index (χ3v) is 3.70. The molecule has 106 valence electrons. The third kappa shape index (κ3) is 3.65. The van der Waals surface area contributed by atoms with Crippen LogP contribution in [0.5, 0.6) is 0 Å². The number of hydrogen-bond acceptors (Lipinski definition) is 4. The second-order valence-electron chi connectivity index (χ2n) is 4.62. The third-order valence-electron chi connectivity index (χ3n) is 2.62. The Hall–Kier alpha value is -1.72. The number of amides is 1. The number of carbonyl (C=O) groups is 1. The summed E-state index contributed by atoms with van der Waals surface area (Å²) in [5.41, 5.74) is 6.76. The summed E-state index contributed by atoms with van der Waals surface area (Å²) in [4.78, 5) is 13.2. The maximum atomic E-state index is 12.2. The first-order chi connectivity index (χ1) is 9.60. The topological polar surface area (TPSA) is 68.3 Å². The molecule has 0 aliphatic rings. The van der Waals surface area contributed by atoms with Crippen LogP contribution in [0.1, 0.15) is 30.0 Å². The molecule has 0 unspecified atom stereocenters. The first-order valence-corrected chi connectivity index (χ1v) is 7.32. The molecule has 5 heteroatoms. The van der Waals surface area contributed by atoms with Gasteiger partial charge >= 0.3 is 0 Å². The summed E-state index contributed by atoms with van der Waals surface area (Å²) in [5, 5.41) is 3.36. The first kappa shape index (κ1) is 14.7. The fourth-order valence-electron chi connectivity index (χ4n) is 1.73. The number of carbonyl (C=O) groups excluding carboxylic acids is 1. The lowest BCUT2D eigenvalue weighted by Gasteiger charge is -2.11. The molecule has 0 bridgehead atoms. The van der Waals surface area contributed by atoms with Crippen molar-refractivity contribution in [1.82, 2.24) is 0 Å². The van der Waals surface area contributed by atoms with E-state index in [-0.39, 0.29) is 12.5 Å². The van der Waals surface area contributed by atoms with E-state index in [1.165, 1.54) is 6.26 Å². The van der Waals surface area contributed by atoms with E-state index >= 15 is 0 Å². The van der Waals surface area contributed by atoms with Crippen LogP contribution in [-0.2, 0) is 6.54 Å². The van der Waals surface area contributed by atoms with Crippen LogP contribution in [0, 0.1) is 0 Å². The maximum Gasteiger partial charge on any atom is 0.258 e. The van der Waals surface area contributed by atoms with Crippen LogP contribution in [-0.4, -0.2) is 11.2 Å². The molecule has 1 heterocycles. The predicted molar refractivity (Wildman–Crippen MR) is 82.0 cm³/mol. The Bertz CT molecular complexity index is 593. The summed E-state index contributed by atoms with van der Waals surface area (Å²) in [6.07, 6.45) is 1.43. The van der Waals surface area contributed by atoms with Gasteiger partial charge in [-0.2, -0.15) is 0 Å². The zero-order chi connectivity index (χ0) is 14.5. The van der Waals surface area contributed by atoms with Gasteiger partial charge in [-0.15, -0.1) is 11.8 Å². The Morgan fingerprint density at radius 2 is 2.15 bits per heavy atom. The highest BCUT2D eigenvalue weighted by Crippen LogP contribution is 2.30. The maximum absolute atomic E-state index is 12.2. The molecule has 0 saturated carbocycles. The highest BCUT2D eigenvalue weighted by molar-refractivity contribution is 8.00. The lowest BCUT2D eigenvalue weighted by atomic mass is 10.2. The van der Waals surface area contributed by atoms with Crippen molar-refractivity contribution >= 4 is 23.4 Å². The molecule has 20 heavy (non-hydrogen) atoms. The predicted octanol–water partition coefficient (Wildman–Crippen LogP) is 3.49. The second-order valence-corrected chi connectivity index (χ2v) is 6.24. The van der Waals surface area contributed by atoms with Crippen LogP contribution >= 0.6 is 11.8 Å². The summed E-state index contributed by atoms with van der Waals surface area (Å²) < 4.78 is 5.18. The van der Waals surface area contributed by atoms with Crippen molar-refractivity contribution in [1.29, 1.82) is 0 Å². The smallest absolute Gasteiger partial charge is 0.258 e. The Morgan fingerprint density at radius 1 is 1.40 bits per heavy atom. The molecule has 0 saturated heterocycles. The molecule has 0 aliphatic carbocycles. The summed E-state index contributed by atoms with van der Waals surface area (Å²) in [5.74, 6) is 0.408. The number of benzene rings is 1. The molecule has 0 aliphatic heterocycles. The minimum atomic E-state index is -0.190. The van der Waals surface area contributed by atoms with Crippen LogP contribution in [0.2, 0.25) is 0 Å².